The summed E-state index contributed by atoms with van der Waals surface area (Å²) < 4.78 is 5.60. The molecule has 1 unspecified atom stereocenters. The predicted molar refractivity (Wildman–Crippen MR) is 71.4 cm³/mol. The van der Waals surface area contributed by atoms with Gasteiger partial charge in [-0.15, -0.1) is 0 Å². The molecular weight excluding hydrogens is 216 g/mol. The number of anilines is 2. The van der Waals surface area contributed by atoms with Gasteiger partial charge in [0.2, 0.25) is 0 Å². The minimum atomic E-state index is -0.289. The van der Waals surface area contributed by atoms with Crippen LogP contribution in [0.15, 0.2) is 18.2 Å². The molecule has 0 radical (unpaired) electrons. The summed E-state index contributed by atoms with van der Waals surface area (Å²) >= 11 is 0. The molecule has 1 aromatic carbocycles. The van der Waals surface area contributed by atoms with Crippen LogP contribution >= 0.6 is 0 Å². The maximum atomic E-state index is 9.16. The van der Waals surface area contributed by atoms with E-state index in [9.17, 15) is 0 Å². The van der Waals surface area contributed by atoms with Crippen LogP contribution in [0.1, 0.15) is 27.2 Å². The zero-order valence-electron chi connectivity index (χ0n) is 10.7. The Morgan fingerprint density at radius 3 is 2.65 bits per heavy atom. The average Bonchev–Trinajstić information content (AvgIpc) is 2.21. The van der Waals surface area contributed by atoms with Crippen LogP contribution < -0.4 is 15.8 Å². The zero-order valence-corrected chi connectivity index (χ0v) is 10.7. The van der Waals surface area contributed by atoms with Gasteiger partial charge in [0, 0.05) is 18.3 Å². The Labute approximate surface area is 103 Å². The predicted octanol–water partition coefficient (Wildman–Crippen LogP) is 2.24. The van der Waals surface area contributed by atoms with Gasteiger partial charge in [-0.05, 0) is 39.3 Å². The van der Waals surface area contributed by atoms with Crippen molar-refractivity contribution < 1.29 is 9.84 Å². The molecule has 0 heterocycles. The summed E-state index contributed by atoms with van der Waals surface area (Å²) in [5.74, 6) is 0.696. The van der Waals surface area contributed by atoms with Crippen molar-refractivity contribution in [1.82, 2.24) is 0 Å². The van der Waals surface area contributed by atoms with E-state index in [0.29, 0.717) is 17.9 Å². The number of rotatable bonds is 6. The smallest absolute Gasteiger partial charge is 0.144 e. The Hall–Kier alpha value is -1.42. The van der Waals surface area contributed by atoms with Gasteiger partial charge >= 0.3 is 0 Å². The van der Waals surface area contributed by atoms with Gasteiger partial charge in [0.05, 0.1) is 17.9 Å². The first kappa shape index (κ1) is 13.6. The third-order valence-electron chi connectivity index (χ3n) is 2.27. The molecule has 4 N–H and O–H groups in total. The van der Waals surface area contributed by atoms with Crippen LogP contribution in [0.4, 0.5) is 11.4 Å². The van der Waals surface area contributed by atoms with Gasteiger partial charge in [0.15, 0.2) is 0 Å². The number of benzene rings is 1. The number of hydrogen-bond donors (Lipinski definition) is 3. The van der Waals surface area contributed by atoms with Crippen molar-refractivity contribution in [1.29, 1.82) is 0 Å². The lowest BCUT2D eigenvalue weighted by Crippen LogP contribution is -2.11. The van der Waals surface area contributed by atoms with E-state index >= 15 is 0 Å². The monoisotopic (exact) mass is 238 g/mol. The molecule has 1 aromatic rings. The highest BCUT2D eigenvalue weighted by Crippen LogP contribution is 2.26. The van der Waals surface area contributed by atoms with Crippen LogP contribution in [0.3, 0.4) is 0 Å². The lowest BCUT2D eigenvalue weighted by molar-refractivity contribution is 0.189. The Kier molecular flexibility index (Phi) is 5.10. The molecule has 0 bridgehead atoms. The fourth-order valence-corrected chi connectivity index (χ4v) is 1.43. The molecule has 1 rings (SSSR count). The number of aliphatic hydroxyl groups is 1. The molecule has 0 amide bonds. The second-order valence-corrected chi connectivity index (χ2v) is 4.48. The second kappa shape index (κ2) is 6.35. The highest BCUT2D eigenvalue weighted by atomic mass is 16.5. The van der Waals surface area contributed by atoms with Crippen LogP contribution in [0.25, 0.3) is 0 Å². The molecule has 17 heavy (non-hydrogen) atoms. The first-order valence-corrected chi connectivity index (χ1v) is 5.97. The second-order valence-electron chi connectivity index (χ2n) is 4.48. The molecule has 0 aliphatic carbocycles. The molecule has 1 atom stereocenters. The summed E-state index contributed by atoms with van der Waals surface area (Å²) in [6.45, 7) is 6.43. The summed E-state index contributed by atoms with van der Waals surface area (Å²) in [5.41, 5.74) is 7.41. The van der Waals surface area contributed by atoms with E-state index in [2.05, 4.69) is 5.32 Å². The van der Waals surface area contributed by atoms with Gasteiger partial charge in [-0.1, -0.05) is 0 Å². The zero-order chi connectivity index (χ0) is 12.8. The topological polar surface area (TPSA) is 67.5 Å². The van der Waals surface area contributed by atoms with Crippen LogP contribution in [0, 0.1) is 0 Å². The van der Waals surface area contributed by atoms with E-state index in [1.807, 2.05) is 32.0 Å². The van der Waals surface area contributed by atoms with Gasteiger partial charge in [0.25, 0.3) is 0 Å². The fraction of sp³-hybridized carbons (Fsp3) is 0.538. The molecule has 0 aromatic heterocycles. The molecule has 0 aliphatic rings. The van der Waals surface area contributed by atoms with Crippen molar-refractivity contribution in [3.63, 3.8) is 0 Å². The maximum Gasteiger partial charge on any atom is 0.144 e. The maximum absolute atomic E-state index is 9.16. The van der Waals surface area contributed by atoms with E-state index in [1.54, 1.807) is 6.92 Å². The molecule has 0 spiro atoms. The lowest BCUT2D eigenvalue weighted by atomic mass is 10.2. The average molecular weight is 238 g/mol. The van der Waals surface area contributed by atoms with E-state index in [0.717, 1.165) is 12.2 Å². The molecule has 96 valence electrons. The summed E-state index contributed by atoms with van der Waals surface area (Å²) in [4.78, 5) is 0. The van der Waals surface area contributed by atoms with Crippen molar-refractivity contribution in [2.75, 3.05) is 17.6 Å². The minimum Gasteiger partial charge on any atom is -0.489 e. The van der Waals surface area contributed by atoms with E-state index in [4.69, 9.17) is 15.6 Å². The molecule has 4 nitrogen and oxygen atoms in total. The SMILES string of the molecule is CC(O)CCNc1ccc(N)c(OC(C)C)c1. The van der Waals surface area contributed by atoms with Crippen LogP contribution in [0.2, 0.25) is 0 Å². The van der Waals surface area contributed by atoms with Crippen LogP contribution in [-0.4, -0.2) is 23.9 Å². The number of aliphatic hydroxyl groups excluding tert-OH is 1. The summed E-state index contributed by atoms with van der Waals surface area (Å²) in [6.07, 6.45) is 0.526. The summed E-state index contributed by atoms with van der Waals surface area (Å²) in [5, 5.41) is 12.4. The molecule has 4 heteroatoms. The van der Waals surface area contributed by atoms with E-state index in [1.165, 1.54) is 0 Å². The minimum absolute atomic E-state index is 0.102. The van der Waals surface area contributed by atoms with Gasteiger partial charge in [0.1, 0.15) is 5.75 Å². The third-order valence-corrected chi connectivity index (χ3v) is 2.27. The molecule has 0 saturated heterocycles. The van der Waals surface area contributed by atoms with Gasteiger partial charge < -0.3 is 20.9 Å². The fourth-order valence-electron chi connectivity index (χ4n) is 1.43. The Morgan fingerprint density at radius 2 is 2.06 bits per heavy atom. The quantitative estimate of drug-likeness (QED) is 0.665. The van der Waals surface area contributed by atoms with Crippen molar-refractivity contribution in [3.05, 3.63) is 18.2 Å². The summed E-state index contributed by atoms with van der Waals surface area (Å²) in [6, 6.07) is 5.62. The number of nitrogens with one attached hydrogen (secondary N) is 1. The highest BCUT2D eigenvalue weighted by Gasteiger charge is 2.04. The van der Waals surface area contributed by atoms with Crippen molar-refractivity contribution in [2.45, 2.75) is 39.4 Å². The number of nitrogens with two attached hydrogens (primary N) is 1. The van der Waals surface area contributed by atoms with Crippen LogP contribution in [-0.2, 0) is 0 Å². The molecular formula is C13H22N2O2. The molecule has 0 fully saturated rings. The highest BCUT2D eigenvalue weighted by molar-refractivity contribution is 5.61. The Bertz CT molecular complexity index is 351. The van der Waals surface area contributed by atoms with Crippen molar-refractivity contribution in [2.24, 2.45) is 0 Å². The first-order chi connectivity index (χ1) is 7.99. The molecule has 0 saturated carbocycles. The van der Waals surface area contributed by atoms with Gasteiger partial charge in [-0.2, -0.15) is 0 Å². The lowest BCUT2D eigenvalue weighted by Gasteiger charge is -2.14. The van der Waals surface area contributed by atoms with E-state index < -0.39 is 0 Å². The van der Waals surface area contributed by atoms with Crippen LogP contribution in [0.5, 0.6) is 5.75 Å². The summed E-state index contributed by atoms with van der Waals surface area (Å²) in [7, 11) is 0. The van der Waals surface area contributed by atoms with Gasteiger partial charge in [-0.3, -0.25) is 0 Å². The van der Waals surface area contributed by atoms with Gasteiger partial charge in [-0.25, -0.2) is 0 Å². The normalized spacial score (nSPS) is 12.5. The van der Waals surface area contributed by atoms with Crippen molar-refractivity contribution >= 4 is 11.4 Å². The molecule has 0 aliphatic heterocycles. The van der Waals surface area contributed by atoms with Crippen molar-refractivity contribution in [3.8, 4) is 5.75 Å². The largest absolute Gasteiger partial charge is 0.489 e. The number of hydrogen-bond acceptors (Lipinski definition) is 4. The first-order valence-electron chi connectivity index (χ1n) is 5.97. The number of nitrogen functional groups attached to an aromatic ring is 1. The standard InChI is InChI=1S/C13H22N2O2/c1-9(2)17-13-8-11(4-5-12(13)14)15-7-6-10(3)16/h4-5,8-10,15-16H,6-7,14H2,1-3H3. The van der Waals surface area contributed by atoms with E-state index in [-0.39, 0.29) is 12.2 Å². The Morgan fingerprint density at radius 1 is 1.35 bits per heavy atom. The number of ether oxygens (including phenoxy) is 1. The Balaban J connectivity index is 2.61. The third kappa shape index (κ3) is 4.95.